The summed E-state index contributed by atoms with van der Waals surface area (Å²) in [5, 5.41) is 0. The Labute approximate surface area is 88.9 Å². The SMILES string of the molecule is C=C1[Si](C)(C)OC/C=C\CO[Si]1(C)C. The van der Waals surface area contributed by atoms with Crippen molar-refractivity contribution in [2.24, 2.45) is 0 Å². The van der Waals surface area contributed by atoms with Gasteiger partial charge in [-0.05, 0) is 31.0 Å². The van der Waals surface area contributed by atoms with E-state index in [-0.39, 0.29) is 0 Å². The standard InChI is InChI=1S/C10H20O2Si2/c1-10-13(2,3)11-8-6-7-9-12-14(10,4)5/h6-7H,1,8-9H2,2-5H3/b7-6-. The molecule has 1 aliphatic heterocycles. The van der Waals surface area contributed by atoms with Crippen molar-refractivity contribution in [3.8, 4) is 0 Å². The summed E-state index contributed by atoms with van der Waals surface area (Å²) in [6.07, 6.45) is 4.08. The Balaban J connectivity index is 2.90. The quantitative estimate of drug-likeness (QED) is 0.469. The van der Waals surface area contributed by atoms with E-state index >= 15 is 0 Å². The first-order chi connectivity index (χ1) is 6.36. The fourth-order valence-corrected chi connectivity index (χ4v) is 9.16. The third kappa shape index (κ3) is 2.66. The van der Waals surface area contributed by atoms with Gasteiger partial charge in [-0.1, -0.05) is 12.2 Å². The van der Waals surface area contributed by atoms with Crippen molar-refractivity contribution in [1.82, 2.24) is 0 Å². The lowest BCUT2D eigenvalue weighted by molar-refractivity contribution is 0.359. The van der Waals surface area contributed by atoms with Gasteiger partial charge >= 0.3 is 0 Å². The smallest absolute Gasteiger partial charge is 0.212 e. The molecule has 14 heavy (non-hydrogen) atoms. The average Bonchev–Trinajstić information content (AvgIpc) is 2.11. The Kier molecular flexibility index (Phi) is 3.52. The lowest BCUT2D eigenvalue weighted by Gasteiger charge is -2.33. The summed E-state index contributed by atoms with van der Waals surface area (Å²) in [6, 6.07) is 0. The fourth-order valence-electron chi connectivity index (χ4n) is 1.55. The molecule has 0 N–H and O–H groups in total. The van der Waals surface area contributed by atoms with Crippen molar-refractivity contribution in [1.29, 1.82) is 0 Å². The second-order valence-electron chi connectivity index (χ2n) is 4.59. The second-order valence-corrected chi connectivity index (χ2v) is 12.9. The maximum atomic E-state index is 5.91. The summed E-state index contributed by atoms with van der Waals surface area (Å²) >= 11 is 0. The van der Waals surface area contributed by atoms with Gasteiger partial charge in [0.25, 0.3) is 0 Å². The van der Waals surface area contributed by atoms with Crippen molar-refractivity contribution < 1.29 is 8.85 Å². The molecule has 0 aromatic rings. The summed E-state index contributed by atoms with van der Waals surface area (Å²) in [4.78, 5) is 1.26. The highest BCUT2D eigenvalue weighted by molar-refractivity contribution is 7.00. The molecule has 0 fully saturated rings. The van der Waals surface area contributed by atoms with E-state index in [2.05, 4.69) is 32.8 Å². The monoisotopic (exact) mass is 228 g/mol. The molecule has 0 spiro atoms. The van der Waals surface area contributed by atoms with Crippen molar-refractivity contribution in [3.05, 3.63) is 23.6 Å². The summed E-state index contributed by atoms with van der Waals surface area (Å²) in [7, 11) is -3.51. The molecule has 0 radical (unpaired) electrons. The van der Waals surface area contributed by atoms with E-state index in [1.54, 1.807) is 0 Å². The summed E-state index contributed by atoms with van der Waals surface area (Å²) in [6.45, 7) is 14.4. The highest BCUT2D eigenvalue weighted by Crippen LogP contribution is 2.26. The maximum absolute atomic E-state index is 5.91. The topological polar surface area (TPSA) is 18.5 Å². The summed E-state index contributed by atoms with van der Waals surface area (Å²) in [5.41, 5.74) is 0. The van der Waals surface area contributed by atoms with E-state index in [0.717, 1.165) is 0 Å². The summed E-state index contributed by atoms with van der Waals surface area (Å²) < 4.78 is 11.8. The van der Waals surface area contributed by atoms with Crippen molar-refractivity contribution in [2.75, 3.05) is 13.2 Å². The zero-order valence-corrected chi connectivity index (χ0v) is 11.6. The van der Waals surface area contributed by atoms with E-state index < -0.39 is 16.6 Å². The molecule has 0 bridgehead atoms. The maximum Gasteiger partial charge on any atom is 0.212 e. The third-order valence-corrected chi connectivity index (χ3v) is 11.0. The van der Waals surface area contributed by atoms with Crippen LogP contribution in [-0.4, -0.2) is 29.8 Å². The summed E-state index contributed by atoms with van der Waals surface area (Å²) in [5.74, 6) is 0. The molecule has 4 heteroatoms. The Morgan fingerprint density at radius 2 is 1.36 bits per heavy atom. The molecule has 0 saturated heterocycles. The first-order valence-electron chi connectivity index (χ1n) is 4.99. The lowest BCUT2D eigenvalue weighted by atomic mass is 10.5. The lowest BCUT2D eigenvalue weighted by Crippen LogP contribution is -2.47. The highest BCUT2D eigenvalue weighted by Gasteiger charge is 2.39. The van der Waals surface area contributed by atoms with Crippen molar-refractivity contribution >= 4 is 16.6 Å². The van der Waals surface area contributed by atoms with Gasteiger partial charge in [-0.15, -0.1) is 6.58 Å². The number of hydrogen-bond acceptors (Lipinski definition) is 2. The van der Waals surface area contributed by atoms with Gasteiger partial charge in [-0.25, -0.2) is 0 Å². The molecule has 1 rings (SSSR count). The van der Waals surface area contributed by atoms with Crippen LogP contribution in [0.2, 0.25) is 26.2 Å². The van der Waals surface area contributed by atoms with E-state index in [9.17, 15) is 0 Å². The molecule has 0 aromatic heterocycles. The van der Waals surface area contributed by atoms with Crippen LogP contribution in [0.1, 0.15) is 0 Å². The van der Waals surface area contributed by atoms with E-state index in [1.165, 1.54) is 4.82 Å². The van der Waals surface area contributed by atoms with Crippen LogP contribution in [0.3, 0.4) is 0 Å². The Bertz CT molecular complexity index is 233. The molecular formula is C10H20O2Si2. The molecule has 2 nitrogen and oxygen atoms in total. The Morgan fingerprint density at radius 3 is 1.71 bits per heavy atom. The molecule has 80 valence electrons. The van der Waals surface area contributed by atoms with Gasteiger partial charge in [0.2, 0.25) is 16.6 Å². The highest BCUT2D eigenvalue weighted by atomic mass is 28.4. The Morgan fingerprint density at radius 1 is 1.00 bits per heavy atom. The number of hydrogen-bond donors (Lipinski definition) is 0. The van der Waals surface area contributed by atoms with Gasteiger partial charge in [0, 0.05) is 0 Å². The second kappa shape index (κ2) is 4.14. The van der Waals surface area contributed by atoms with Gasteiger partial charge in [0.05, 0.1) is 13.2 Å². The molecule has 0 aromatic carbocycles. The molecule has 0 unspecified atom stereocenters. The van der Waals surface area contributed by atoms with Crippen LogP contribution in [-0.2, 0) is 8.85 Å². The van der Waals surface area contributed by atoms with Gasteiger partial charge in [0.1, 0.15) is 0 Å². The fraction of sp³-hybridized carbons (Fsp3) is 0.600. The van der Waals surface area contributed by atoms with Crippen LogP contribution >= 0.6 is 0 Å². The van der Waals surface area contributed by atoms with Gasteiger partial charge in [0.15, 0.2) is 0 Å². The van der Waals surface area contributed by atoms with Crippen molar-refractivity contribution in [3.63, 3.8) is 0 Å². The molecule has 0 saturated carbocycles. The van der Waals surface area contributed by atoms with Crippen molar-refractivity contribution in [2.45, 2.75) is 26.2 Å². The molecule has 0 amide bonds. The predicted molar refractivity (Wildman–Crippen MR) is 65.1 cm³/mol. The normalized spacial score (nSPS) is 28.7. The first-order valence-corrected chi connectivity index (χ1v) is 10.8. The molecule has 0 aliphatic carbocycles. The minimum absolute atomic E-state index is 0.700. The van der Waals surface area contributed by atoms with Gasteiger partial charge < -0.3 is 8.85 Å². The minimum Gasteiger partial charge on any atom is -0.410 e. The van der Waals surface area contributed by atoms with Gasteiger partial charge in [-0.3, -0.25) is 0 Å². The van der Waals surface area contributed by atoms with E-state index in [0.29, 0.717) is 13.2 Å². The van der Waals surface area contributed by atoms with Crippen LogP contribution in [0.4, 0.5) is 0 Å². The van der Waals surface area contributed by atoms with Crippen LogP contribution in [0.15, 0.2) is 23.6 Å². The van der Waals surface area contributed by atoms with Crippen LogP contribution in [0.5, 0.6) is 0 Å². The van der Waals surface area contributed by atoms with Crippen LogP contribution < -0.4 is 0 Å². The third-order valence-electron chi connectivity index (χ3n) is 2.70. The molecule has 1 heterocycles. The number of rotatable bonds is 0. The Hall–Kier alpha value is -0.166. The molecule has 1 aliphatic rings. The minimum atomic E-state index is -1.75. The molecule has 0 atom stereocenters. The zero-order valence-electron chi connectivity index (χ0n) is 9.59. The zero-order chi connectivity index (χ0) is 10.8. The molecular weight excluding hydrogens is 208 g/mol. The predicted octanol–water partition coefficient (Wildman–Crippen LogP) is 2.63. The van der Waals surface area contributed by atoms with Gasteiger partial charge in [-0.2, -0.15) is 0 Å². The van der Waals surface area contributed by atoms with E-state index in [4.69, 9.17) is 8.85 Å². The van der Waals surface area contributed by atoms with Crippen LogP contribution in [0, 0.1) is 0 Å². The average molecular weight is 228 g/mol. The van der Waals surface area contributed by atoms with E-state index in [1.807, 2.05) is 12.2 Å². The largest absolute Gasteiger partial charge is 0.410 e. The van der Waals surface area contributed by atoms with Crippen LogP contribution in [0.25, 0.3) is 0 Å². The first kappa shape index (κ1) is 11.9.